The number of nitrogens with one attached hydrogen (secondary N) is 1. The van der Waals surface area contributed by atoms with E-state index < -0.39 is 0 Å². The SMILES string of the molecule is CC(C)c1ccccc1NC(=O)Cn1cnc2c(cnn2-c2cccc(Cl)c2)c1=O. The minimum absolute atomic E-state index is 0.142. The van der Waals surface area contributed by atoms with Gasteiger partial charge < -0.3 is 5.32 Å². The average Bonchev–Trinajstić information content (AvgIpc) is 3.15. The molecule has 1 N–H and O–H groups in total. The Bertz CT molecular complexity index is 1290. The summed E-state index contributed by atoms with van der Waals surface area (Å²) in [7, 11) is 0. The summed E-state index contributed by atoms with van der Waals surface area (Å²) in [5.41, 5.74) is 2.55. The number of hydrogen-bond acceptors (Lipinski definition) is 4. The number of carbonyl (C=O) groups is 1. The lowest BCUT2D eigenvalue weighted by Crippen LogP contribution is -2.28. The zero-order valence-electron chi connectivity index (χ0n) is 16.5. The van der Waals surface area contributed by atoms with Gasteiger partial charge in [0.2, 0.25) is 5.91 Å². The van der Waals surface area contributed by atoms with E-state index in [0.717, 1.165) is 11.3 Å². The Balaban J connectivity index is 1.61. The molecule has 0 fully saturated rings. The van der Waals surface area contributed by atoms with Crippen molar-refractivity contribution in [3.8, 4) is 5.69 Å². The Labute approximate surface area is 177 Å². The van der Waals surface area contributed by atoms with Crippen molar-refractivity contribution < 1.29 is 4.79 Å². The van der Waals surface area contributed by atoms with Crippen LogP contribution in [0.3, 0.4) is 0 Å². The Morgan fingerprint density at radius 2 is 1.97 bits per heavy atom. The van der Waals surface area contributed by atoms with Gasteiger partial charge in [0.05, 0.1) is 11.9 Å². The number of anilines is 1. The second-order valence-corrected chi connectivity index (χ2v) is 7.68. The summed E-state index contributed by atoms with van der Waals surface area (Å²) in [6.07, 6.45) is 2.81. The highest BCUT2D eigenvalue weighted by atomic mass is 35.5. The standard InChI is InChI=1S/C22H20ClN5O2/c1-14(2)17-8-3-4-9-19(17)26-20(29)12-27-13-24-21-18(22(27)30)11-25-28(21)16-7-5-6-15(23)10-16/h3-11,13-14H,12H2,1-2H3,(H,26,29). The van der Waals surface area contributed by atoms with Crippen LogP contribution >= 0.6 is 11.6 Å². The Kier molecular flexibility index (Phi) is 5.37. The van der Waals surface area contributed by atoms with Gasteiger partial charge in [0.1, 0.15) is 18.3 Å². The number of nitrogens with zero attached hydrogens (tertiary/aromatic N) is 4. The number of aromatic nitrogens is 4. The lowest BCUT2D eigenvalue weighted by atomic mass is 10.0. The van der Waals surface area contributed by atoms with Crippen molar-refractivity contribution in [2.45, 2.75) is 26.3 Å². The molecule has 0 radical (unpaired) electrons. The summed E-state index contributed by atoms with van der Waals surface area (Å²) in [5, 5.41) is 8.04. The van der Waals surface area contributed by atoms with Gasteiger partial charge in [-0.3, -0.25) is 14.2 Å². The van der Waals surface area contributed by atoms with Gasteiger partial charge in [0.25, 0.3) is 5.56 Å². The molecule has 2 aromatic carbocycles. The normalized spacial score (nSPS) is 11.2. The fraction of sp³-hybridized carbons (Fsp3) is 0.182. The van der Waals surface area contributed by atoms with Gasteiger partial charge in [-0.2, -0.15) is 5.10 Å². The van der Waals surface area contributed by atoms with Crippen molar-refractivity contribution in [2.75, 3.05) is 5.32 Å². The number of benzene rings is 2. The number of fused-ring (bicyclic) bond motifs is 1. The molecule has 30 heavy (non-hydrogen) atoms. The highest BCUT2D eigenvalue weighted by molar-refractivity contribution is 6.30. The molecule has 0 atom stereocenters. The first-order valence-corrected chi connectivity index (χ1v) is 9.89. The summed E-state index contributed by atoms with van der Waals surface area (Å²) < 4.78 is 2.82. The van der Waals surface area contributed by atoms with E-state index in [1.807, 2.05) is 30.3 Å². The molecule has 8 heteroatoms. The third kappa shape index (κ3) is 3.84. The number of rotatable bonds is 5. The summed E-state index contributed by atoms with van der Waals surface area (Å²) in [6.45, 7) is 3.98. The summed E-state index contributed by atoms with van der Waals surface area (Å²) in [6, 6.07) is 14.7. The third-order valence-corrected chi connectivity index (χ3v) is 5.01. The van der Waals surface area contributed by atoms with Crippen LogP contribution in [0.15, 0.2) is 65.8 Å². The molecule has 0 unspecified atom stereocenters. The molecule has 0 bridgehead atoms. The maximum absolute atomic E-state index is 12.9. The van der Waals surface area contributed by atoms with Crippen LogP contribution in [0.5, 0.6) is 0 Å². The number of halogens is 1. The molecule has 0 aliphatic rings. The second-order valence-electron chi connectivity index (χ2n) is 7.24. The molecular weight excluding hydrogens is 402 g/mol. The quantitative estimate of drug-likeness (QED) is 0.528. The average molecular weight is 422 g/mol. The van der Waals surface area contributed by atoms with Crippen LogP contribution in [-0.4, -0.2) is 25.2 Å². The van der Waals surface area contributed by atoms with E-state index in [0.29, 0.717) is 21.7 Å². The van der Waals surface area contributed by atoms with Gasteiger partial charge in [-0.1, -0.05) is 49.7 Å². The number of amides is 1. The first-order valence-electron chi connectivity index (χ1n) is 9.52. The third-order valence-electron chi connectivity index (χ3n) is 4.78. The summed E-state index contributed by atoms with van der Waals surface area (Å²) in [4.78, 5) is 29.8. The van der Waals surface area contributed by atoms with E-state index in [1.54, 1.807) is 22.9 Å². The van der Waals surface area contributed by atoms with E-state index in [2.05, 4.69) is 29.2 Å². The van der Waals surface area contributed by atoms with E-state index in [-0.39, 0.29) is 23.9 Å². The van der Waals surface area contributed by atoms with Gasteiger partial charge in [0.15, 0.2) is 5.65 Å². The predicted octanol–water partition coefficient (Wildman–Crippen LogP) is 4.00. The van der Waals surface area contributed by atoms with Gasteiger partial charge in [0, 0.05) is 10.7 Å². The molecule has 2 aromatic heterocycles. The minimum Gasteiger partial charge on any atom is -0.324 e. The number of carbonyl (C=O) groups excluding carboxylic acids is 1. The van der Waals surface area contributed by atoms with Gasteiger partial charge in [-0.25, -0.2) is 9.67 Å². The molecule has 4 rings (SSSR count). The summed E-state index contributed by atoms with van der Waals surface area (Å²) >= 11 is 6.05. The van der Waals surface area contributed by atoms with E-state index in [4.69, 9.17) is 11.6 Å². The largest absolute Gasteiger partial charge is 0.324 e. The molecule has 0 aliphatic carbocycles. The van der Waals surface area contributed by atoms with Crippen molar-refractivity contribution in [3.05, 3.63) is 82.0 Å². The van der Waals surface area contributed by atoms with Crippen molar-refractivity contribution in [1.29, 1.82) is 0 Å². The van der Waals surface area contributed by atoms with Crippen LogP contribution in [0.25, 0.3) is 16.7 Å². The van der Waals surface area contributed by atoms with E-state index in [9.17, 15) is 9.59 Å². The van der Waals surface area contributed by atoms with Crippen LogP contribution in [0.1, 0.15) is 25.3 Å². The fourth-order valence-corrected chi connectivity index (χ4v) is 3.50. The Morgan fingerprint density at radius 3 is 2.73 bits per heavy atom. The number of hydrogen-bond donors (Lipinski definition) is 1. The maximum atomic E-state index is 12.9. The fourth-order valence-electron chi connectivity index (χ4n) is 3.32. The lowest BCUT2D eigenvalue weighted by molar-refractivity contribution is -0.116. The molecule has 0 spiro atoms. The van der Waals surface area contributed by atoms with Crippen molar-refractivity contribution in [1.82, 2.24) is 19.3 Å². The molecule has 7 nitrogen and oxygen atoms in total. The molecule has 152 valence electrons. The topological polar surface area (TPSA) is 81.8 Å². The summed E-state index contributed by atoms with van der Waals surface area (Å²) in [5.74, 6) is -0.0341. The zero-order valence-corrected chi connectivity index (χ0v) is 17.3. The van der Waals surface area contributed by atoms with Crippen LogP contribution in [0.2, 0.25) is 5.02 Å². The maximum Gasteiger partial charge on any atom is 0.264 e. The van der Waals surface area contributed by atoms with Gasteiger partial charge >= 0.3 is 0 Å². The Hall–Kier alpha value is -3.45. The van der Waals surface area contributed by atoms with Crippen LogP contribution in [0, 0.1) is 0 Å². The van der Waals surface area contributed by atoms with E-state index >= 15 is 0 Å². The predicted molar refractivity (Wildman–Crippen MR) is 117 cm³/mol. The molecule has 1 amide bonds. The van der Waals surface area contributed by atoms with Crippen LogP contribution < -0.4 is 10.9 Å². The van der Waals surface area contributed by atoms with Gasteiger partial charge in [-0.15, -0.1) is 0 Å². The molecule has 0 aliphatic heterocycles. The monoisotopic (exact) mass is 421 g/mol. The molecule has 0 saturated carbocycles. The Morgan fingerprint density at radius 1 is 1.17 bits per heavy atom. The smallest absolute Gasteiger partial charge is 0.264 e. The minimum atomic E-state index is -0.333. The van der Waals surface area contributed by atoms with Crippen molar-refractivity contribution in [2.24, 2.45) is 0 Å². The molecule has 0 saturated heterocycles. The highest BCUT2D eigenvalue weighted by Gasteiger charge is 2.14. The van der Waals surface area contributed by atoms with Gasteiger partial charge in [-0.05, 0) is 35.7 Å². The second kappa shape index (κ2) is 8.12. The first kappa shape index (κ1) is 19.8. The lowest BCUT2D eigenvalue weighted by Gasteiger charge is -2.14. The van der Waals surface area contributed by atoms with Crippen LogP contribution in [0.4, 0.5) is 5.69 Å². The van der Waals surface area contributed by atoms with Crippen molar-refractivity contribution in [3.63, 3.8) is 0 Å². The first-order chi connectivity index (χ1) is 14.4. The van der Waals surface area contributed by atoms with Crippen molar-refractivity contribution >= 4 is 34.2 Å². The zero-order chi connectivity index (χ0) is 21.3. The number of para-hydroxylation sites is 1. The molecular formula is C22H20ClN5O2. The molecule has 2 heterocycles. The van der Waals surface area contributed by atoms with E-state index in [1.165, 1.54) is 17.1 Å². The van der Waals surface area contributed by atoms with Crippen LogP contribution in [-0.2, 0) is 11.3 Å². The highest BCUT2D eigenvalue weighted by Crippen LogP contribution is 2.23. The molecule has 4 aromatic rings.